The third-order valence-corrected chi connectivity index (χ3v) is 4.34. The first-order chi connectivity index (χ1) is 9.52. The smallest absolute Gasteiger partial charge is 0.337 e. The van der Waals surface area contributed by atoms with Gasteiger partial charge in [-0.1, -0.05) is 17.7 Å². The van der Waals surface area contributed by atoms with E-state index in [9.17, 15) is 9.59 Å². The monoisotopic (exact) mass is 309 g/mol. The predicted octanol–water partition coefficient (Wildman–Crippen LogP) is 3.75. The molecule has 0 bridgehead atoms. The van der Waals surface area contributed by atoms with Crippen molar-refractivity contribution < 1.29 is 14.3 Å². The van der Waals surface area contributed by atoms with E-state index in [1.165, 1.54) is 18.4 Å². The van der Waals surface area contributed by atoms with Crippen molar-refractivity contribution in [2.75, 3.05) is 12.4 Å². The van der Waals surface area contributed by atoms with Gasteiger partial charge in [0.1, 0.15) is 4.88 Å². The summed E-state index contributed by atoms with van der Waals surface area (Å²) in [4.78, 5) is 24.0. The van der Waals surface area contributed by atoms with Crippen LogP contribution < -0.4 is 5.32 Å². The Labute approximate surface area is 125 Å². The zero-order valence-electron chi connectivity index (χ0n) is 10.9. The van der Waals surface area contributed by atoms with Gasteiger partial charge in [0.2, 0.25) is 0 Å². The average molecular weight is 310 g/mol. The third kappa shape index (κ3) is 3.00. The van der Waals surface area contributed by atoms with Crippen LogP contribution in [0.1, 0.15) is 25.6 Å². The summed E-state index contributed by atoms with van der Waals surface area (Å²) in [5.41, 5.74) is 1.75. The molecule has 0 fully saturated rings. The maximum Gasteiger partial charge on any atom is 0.337 e. The standard InChI is InChI=1S/C14H12ClNO3S/c1-8-7-20-12(11(8)15)13(17)16-10-5-3-4-9(6-10)14(18)19-2/h3-7H,1-2H3,(H,16,17). The molecule has 1 aromatic heterocycles. The molecule has 0 aliphatic rings. The third-order valence-electron chi connectivity index (χ3n) is 2.65. The highest BCUT2D eigenvalue weighted by atomic mass is 35.5. The molecule has 0 aliphatic carbocycles. The van der Waals surface area contributed by atoms with Gasteiger partial charge in [-0.15, -0.1) is 11.3 Å². The van der Waals surface area contributed by atoms with Crippen molar-refractivity contribution in [1.82, 2.24) is 0 Å². The summed E-state index contributed by atoms with van der Waals surface area (Å²) in [6, 6.07) is 6.53. The Morgan fingerprint density at radius 2 is 2.10 bits per heavy atom. The first-order valence-electron chi connectivity index (χ1n) is 5.76. The van der Waals surface area contributed by atoms with Gasteiger partial charge in [-0.3, -0.25) is 4.79 Å². The SMILES string of the molecule is COC(=O)c1cccc(NC(=O)c2scc(C)c2Cl)c1. The quantitative estimate of drug-likeness (QED) is 0.879. The Kier molecular flexibility index (Phi) is 4.42. The second kappa shape index (κ2) is 6.07. The summed E-state index contributed by atoms with van der Waals surface area (Å²) in [7, 11) is 1.31. The number of rotatable bonds is 3. The van der Waals surface area contributed by atoms with Crippen LogP contribution in [0.25, 0.3) is 0 Å². The van der Waals surface area contributed by atoms with Crippen molar-refractivity contribution >= 4 is 40.5 Å². The number of ether oxygens (including phenoxy) is 1. The number of halogens is 1. The van der Waals surface area contributed by atoms with Crippen molar-refractivity contribution in [2.45, 2.75) is 6.92 Å². The van der Waals surface area contributed by atoms with E-state index in [-0.39, 0.29) is 5.91 Å². The number of amides is 1. The number of carbonyl (C=O) groups excluding carboxylic acids is 2. The first kappa shape index (κ1) is 14.6. The van der Waals surface area contributed by atoms with Crippen molar-refractivity contribution in [3.63, 3.8) is 0 Å². The molecule has 4 nitrogen and oxygen atoms in total. The van der Waals surface area contributed by atoms with Crippen LogP contribution in [0.5, 0.6) is 0 Å². The van der Waals surface area contributed by atoms with Gasteiger partial charge in [-0.2, -0.15) is 0 Å². The molecule has 1 aromatic carbocycles. The van der Waals surface area contributed by atoms with Gasteiger partial charge in [0.05, 0.1) is 17.7 Å². The lowest BCUT2D eigenvalue weighted by Gasteiger charge is -2.06. The minimum Gasteiger partial charge on any atom is -0.465 e. The van der Waals surface area contributed by atoms with Crippen LogP contribution in [0.2, 0.25) is 5.02 Å². The lowest BCUT2D eigenvalue weighted by Crippen LogP contribution is -2.11. The molecule has 0 saturated carbocycles. The molecule has 1 heterocycles. The van der Waals surface area contributed by atoms with Crippen LogP contribution in [-0.4, -0.2) is 19.0 Å². The molecule has 2 aromatic rings. The Hall–Kier alpha value is -1.85. The highest BCUT2D eigenvalue weighted by Crippen LogP contribution is 2.28. The molecule has 0 aliphatic heterocycles. The lowest BCUT2D eigenvalue weighted by molar-refractivity contribution is 0.0600. The predicted molar refractivity (Wildman–Crippen MR) is 79.8 cm³/mol. The van der Waals surface area contributed by atoms with Crippen LogP contribution >= 0.6 is 22.9 Å². The van der Waals surface area contributed by atoms with Crippen LogP contribution in [-0.2, 0) is 4.74 Å². The van der Waals surface area contributed by atoms with Gasteiger partial charge in [0, 0.05) is 5.69 Å². The van der Waals surface area contributed by atoms with Crippen LogP contribution in [0.4, 0.5) is 5.69 Å². The average Bonchev–Trinajstić information content (AvgIpc) is 2.78. The summed E-state index contributed by atoms with van der Waals surface area (Å²) in [5, 5.41) is 4.99. The number of hydrogen-bond acceptors (Lipinski definition) is 4. The van der Waals surface area contributed by atoms with Crippen LogP contribution in [0.3, 0.4) is 0 Å². The van der Waals surface area contributed by atoms with E-state index in [1.807, 2.05) is 12.3 Å². The zero-order chi connectivity index (χ0) is 14.7. The van der Waals surface area contributed by atoms with Gasteiger partial charge < -0.3 is 10.1 Å². The molecular formula is C14H12ClNO3S. The number of nitrogens with one attached hydrogen (secondary N) is 1. The number of anilines is 1. The summed E-state index contributed by atoms with van der Waals surface area (Å²) in [5.74, 6) is -0.749. The van der Waals surface area contributed by atoms with Crippen LogP contribution in [0, 0.1) is 6.92 Å². The van der Waals surface area contributed by atoms with E-state index >= 15 is 0 Å². The lowest BCUT2D eigenvalue weighted by atomic mass is 10.2. The van der Waals surface area contributed by atoms with Crippen molar-refractivity contribution in [3.8, 4) is 0 Å². The van der Waals surface area contributed by atoms with Crippen molar-refractivity contribution in [1.29, 1.82) is 0 Å². The summed E-state index contributed by atoms with van der Waals surface area (Å²) < 4.78 is 4.63. The van der Waals surface area contributed by atoms with E-state index in [4.69, 9.17) is 11.6 Å². The number of methoxy groups -OCH3 is 1. The van der Waals surface area contributed by atoms with Crippen molar-refractivity contribution in [3.05, 3.63) is 50.7 Å². The van der Waals surface area contributed by atoms with Crippen LogP contribution in [0.15, 0.2) is 29.6 Å². The van der Waals surface area contributed by atoms with E-state index in [2.05, 4.69) is 10.1 Å². The first-order valence-corrected chi connectivity index (χ1v) is 7.02. The fourth-order valence-electron chi connectivity index (χ4n) is 1.61. The number of aryl methyl sites for hydroxylation is 1. The van der Waals surface area contributed by atoms with Gasteiger partial charge in [-0.05, 0) is 36.1 Å². The number of carbonyl (C=O) groups is 2. The van der Waals surface area contributed by atoms with Gasteiger partial charge in [0.25, 0.3) is 5.91 Å². The number of thiophene rings is 1. The Morgan fingerprint density at radius 3 is 2.70 bits per heavy atom. The summed E-state index contributed by atoms with van der Waals surface area (Å²) in [6.07, 6.45) is 0. The second-order valence-electron chi connectivity index (χ2n) is 4.09. The van der Waals surface area contributed by atoms with E-state index < -0.39 is 5.97 Å². The fraction of sp³-hybridized carbons (Fsp3) is 0.143. The topological polar surface area (TPSA) is 55.4 Å². The number of esters is 1. The minimum absolute atomic E-state index is 0.296. The Bertz CT molecular complexity index is 666. The molecule has 1 amide bonds. The maximum atomic E-state index is 12.1. The molecule has 0 radical (unpaired) electrons. The zero-order valence-corrected chi connectivity index (χ0v) is 12.5. The largest absolute Gasteiger partial charge is 0.465 e. The van der Waals surface area contributed by atoms with E-state index in [0.29, 0.717) is 21.2 Å². The van der Waals surface area contributed by atoms with Gasteiger partial charge >= 0.3 is 5.97 Å². The highest BCUT2D eigenvalue weighted by Gasteiger charge is 2.15. The molecule has 0 spiro atoms. The maximum absolute atomic E-state index is 12.1. The number of benzene rings is 1. The fourth-order valence-corrected chi connectivity index (χ4v) is 2.79. The molecule has 2 rings (SSSR count). The molecular weight excluding hydrogens is 298 g/mol. The van der Waals surface area contributed by atoms with E-state index in [0.717, 1.165) is 5.56 Å². The second-order valence-corrected chi connectivity index (χ2v) is 5.35. The van der Waals surface area contributed by atoms with Crippen molar-refractivity contribution in [2.24, 2.45) is 0 Å². The van der Waals surface area contributed by atoms with Gasteiger partial charge in [-0.25, -0.2) is 4.79 Å². The molecule has 0 unspecified atom stereocenters. The molecule has 20 heavy (non-hydrogen) atoms. The Morgan fingerprint density at radius 1 is 1.35 bits per heavy atom. The highest BCUT2D eigenvalue weighted by molar-refractivity contribution is 7.13. The summed E-state index contributed by atoms with van der Waals surface area (Å²) in [6.45, 7) is 1.84. The normalized spacial score (nSPS) is 10.2. The molecule has 104 valence electrons. The van der Waals surface area contributed by atoms with Gasteiger partial charge in [0.15, 0.2) is 0 Å². The molecule has 1 N–H and O–H groups in total. The minimum atomic E-state index is -0.453. The molecule has 0 atom stereocenters. The molecule has 0 saturated heterocycles. The van der Waals surface area contributed by atoms with E-state index in [1.54, 1.807) is 24.3 Å². The summed E-state index contributed by atoms with van der Waals surface area (Å²) >= 11 is 7.33. The number of hydrogen-bond donors (Lipinski definition) is 1. The molecule has 6 heteroatoms. The Balaban J connectivity index is 2.20.